The van der Waals surface area contributed by atoms with Crippen molar-refractivity contribution in [2.24, 2.45) is 0 Å². The highest BCUT2D eigenvalue weighted by molar-refractivity contribution is 9.10. The molecule has 0 spiro atoms. The lowest BCUT2D eigenvalue weighted by atomic mass is 10.2. The molecular formula is C17H23BrN4O3Si. The third-order valence-electron chi connectivity index (χ3n) is 4.28. The second-order valence-electron chi connectivity index (χ2n) is 7.56. The molecule has 0 saturated carbocycles. The number of pyridine rings is 1. The van der Waals surface area contributed by atoms with E-state index in [1.165, 1.54) is 4.90 Å². The number of hydrogen-bond donors (Lipinski definition) is 0. The van der Waals surface area contributed by atoms with Gasteiger partial charge in [0, 0.05) is 38.3 Å². The molecular weight excluding hydrogens is 416 g/mol. The minimum Gasteiger partial charge on any atom is -0.361 e. The second-order valence-corrected chi connectivity index (χ2v) is 14.1. The average Bonchev–Trinajstić information content (AvgIpc) is 2.96. The van der Waals surface area contributed by atoms with Crippen molar-refractivity contribution in [3.63, 3.8) is 0 Å². The van der Waals surface area contributed by atoms with E-state index in [-0.39, 0.29) is 25.1 Å². The number of carbonyl (C=O) groups excluding carboxylic acids is 2. The average molecular weight is 439 g/mol. The minimum absolute atomic E-state index is 0.00154. The van der Waals surface area contributed by atoms with Crippen molar-refractivity contribution in [3.05, 3.63) is 29.0 Å². The number of ether oxygens (including phenoxy) is 1. The number of amides is 3. The van der Waals surface area contributed by atoms with Gasteiger partial charge in [0.1, 0.15) is 6.73 Å². The Hall–Kier alpha value is -1.71. The van der Waals surface area contributed by atoms with Crippen LogP contribution in [0, 0.1) is 0 Å². The topological polar surface area (TPSA) is 67.2 Å². The van der Waals surface area contributed by atoms with Crippen LogP contribution in [0.15, 0.2) is 29.0 Å². The van der Waals surface area contributed by atoms with Crippen LogP contribution in [0.1, 0.15) is 6.42 Å². The number of fused-ring (bicyclic) bond motifs is 1. The highest BCUT2D eigenvalue weighted by Gasteiger charge is 2.34. The van der Waals surface area contributed by atoms with E-state index < -0.39 is 8.07 Å². The first-order valence-corrected chi connectivity index (χ1v) is 13.1. The zero-order valence-corrected chi connectivity index (χ0v) is 17.8. The number of nitrogens with zero attached hydrogens (tertiary/aromatic N) is 4. The molecule has 3 heterocycles. The van der Waals surface area contributed by atoms with E-state index >= 15 is 0 Å². The Bertz CT molecular complexity index is 833. The van der Waals surface area contributed by atoms with Crippen LogP contribution in [0.5, 0.6) is 0 Å². The monoisotopic (exact) mass is 438 g/mol. The van der Waals surface area contributed by atoms with E-state index in [0.717, 1.165) is 16.0 Å². The number of urea groups is 1. The van der Waals surface area contributed by atoms with Gasteiger partial charge in [0.15, 0.2) is 0 Å². The van der Waals surface area contributed by atoms with Gasteiger partial charge in [-0.25, -0.2) is 14.2 Å². The van der Waals surface area contributed by atoms with Gasteiger partial charge in [-0.05, 0) is 18.2 Å². The maximum absolute atomic E-state index is 12.9. The van der Waals surface area contributed by atoms with Crippen LogP contribution in [0.2, 0.25) is 25.7 Å². The van der Waals surface area contributed by atoms with Gasteiger partial charge in [-0.15, -0.1) is 0 Å². The number of imide groups is 1. The number of hydrogen-bond acceptors (Lipinski definition) is 4. The molecule has 7 nitrogen and oxygen atoms in total. The molecule has 0 radical (unpaired) electrons. The number of rotatable bonds is 6. The van der Waals surface area contributed by atoms with Gasteiger partial charge in [-0.3, -0.25) is 9.69 Å². The van der Waals surface area contributed by atoms with Crippen LogP contribution in [-0.4, -0.2) is 54.4 Å². The van der Waals surface area contributed by atoms with Gasteiger partial charge in [-0.2, -0.15) is 5.10 Å². The lowest BCUT2D eigenvalue weighted by molar-refractivity contribution is -0.133. The van der Waals surface area contributed by atoms with E-state index in [1.807, 2.05) is 18.3 Å². The van der Waals surface area contributed by atoms with Crippen molar-refractivity contribution in [2.45, 2.75) is 32.1 Å². The normalized spacial score (nSPS) is 16.0. The molecule has 2 aromatic rings. The summed E-state index contributed by atoms with van der Waals surface area (Å²) in [6, 6.07) is 4.42. The smallest absolute Gasteiger partial charge is 0.333 e. The molecule has 9 heteroatoms. The molecule has 0 aliphatic carbocycles. The highest BCUT2D eigenvalue weighted by atomic mass is 79.9. The van der Waals surface area contributed by atoms with Gasteiger partial charge in [0.2, 0.25) is 5.91 Å². The van der Waals surface area contributed by atoms with Crippen LogP contribution >= 0.6 is 15.9 Å². The van der Waals surface area contributed by atoms with E-state index in [2.05, 4.69) is 40.7 Å². The zero-order valence-electron chi connectivity index (χ0n) is 15.2. The molecule has 0 aromatic carbocycles. The number of aromatic nitrogens is 2. The predicted octanol–water partition coefficient (Wildman–Crippen LogP) is 3.57. The Morgan fingerprint density at radius 3 is 2.81 bits per heavy atom. The fourth-order valence-corrected chi connectivity index (χ4v) is 3.82. The SMILES string of the molecule is C[Si](C)(C)CCOCN1C(=O)CCN(c2cnn3ccc(Br)cc23)C1=O. The Balaban J connectivity index is 1.74. The fourth-order valence-electron chi connectivity index (χ4n) is 2.73. The van der Waals surface area contributed by atoms with Crippen molar-refractivity contribution in [1.82, 2.24) is 14.5 Å². The molecule has 26 heavy (non-hydrogen) atoms. The maximum atomic E-state index is 12.9. The number of anilines is 1. The summed E-state index contributed by atoms with van der Waals surface area (Å²) in [5, 5.41) is 4.29. The van der Waals surface area contributed by atoms with Crippen molar-refractivity contribution >= 4 is 47.1 Å². The summed E-state index contributed by atoms with van der Waals surface area (Å²) >= 11 is 3.44. The lowest BCUT2D eigenvalue weighted by Crippen LogP contribution is -2.53. The molecule has 0 N–H and O–H groups in total. The van der Waals surface area contributed by atoms with Gasteiger partial charge in [-0.1, -0.05) is 35.6 Å². The van der Waals surface area contributed by atoms with E-state index in [9.17, 15) is 9.59 Å². The highest BCUT2D eigenvalue weighted by Crippen LogP contribution is 2.27. The van der Waals surface area contributed by atoms with E-state index in [0.29, 0.717) is 18.8 Å². The van der Waals surface area contributed by atoms with Crippen LogP contribution in [0.4, 0.5) is 10.5 Å². The summed E-state index contributed by atoms with van der Waals surface area (Å²) in [7, 11) is -1.21. The van der Waals surface area contributed by atoms with E-state index in [1.54, 1.807) is 15.6 Å². The molecule has 3 amide bonds. The summed E-state index contributed by atoms with van der Waals surface area (Å²) in [6.07, 6.45) is 3.74. The van der Waals surface area contributed by atoms with E-state index in [4.69, 9.17) is 4.74 Å². The Kier molecular flexibility index (Phi) is 5.49. The summed E-state index contributed by atoms with van der Waals surface area (Å²) < 4.78 is 8.23. The Morgan fingerprint density at radius 1 is 1.31 bits per heavy atom. The second kappa shape index (κ2) is 7.49. The largest absolute Gasteiger partial charge is 0.361 e. The minimum atomic E-state index is -1.21. The van der Waals surface area contributed by atoms with Crippen LogP contribution < -0.4 is 4.90 Å². The standard InChI is InChI=1S/C17H23BrN4O3Si/c1-26(2,3)9-8-25-12-21-16(23)5-6-20(17(21)24)15-11-19-22-7-4-13(18)10-14(15)22/h4,7,10-11H,5-6,8-9,12H2,1-3H3. The van der Waals surface area contributed by atoms with Crippen molar-refractivity contribution in [2.75, 3.05) is 24.8 Å². The lowest BCUT2D eigenvalue weighted by Gasteiger charge is -2.33. The first-order valence-electron chi connectivity index (χ1n) is 8.59. The Labute approximate surface area is 162 Å². The number of carbonyl (C=O) groups is 2. The number of halogens is 1. The molecule has 0 atom stereocenters. The molecule has 3 rings (SSSR count). The third kappa shape index (κ3) is 4.16. The van der Waals surface area contributed by atoms with Crippen molar-refractivity contribution in [3.8, 4) is 0 Å². The fraction of sp³-hybridized carbons (Fsp3) is 0.471. The predicted molar refractivity (Wildman–Crippen MR) is 106 cm³/mol. The molecule has 2 aromatic heterocycles. The first kappa shape index (κ1) is 19.1. The summed E-state index contributed by atoms with van der Waals surface area (Å²) in [4.78, 5) is 27.9. The van der Waals surface area contributed by atoms with Gasteiger partial charge in [0.05, 0.1) is 17.4 Å². The molecule has 1 fully saturated rings. The zero-order chi connectivity index (χ0) is 18.9. The quantitative estimate of drug-likeness (QED) is 0.510. The molecule has 0 unspecified atom stereocenters. The van der Waals surface area contributed by atoms with Crippen molar-refractivity contribution in [1.29, 1.82) is 0 Å². The van der Waals surface area contributed by atoms with Gasteiger partial charge in [0.25, 0.3) is 0 Å². The van der Waals surface area contributed by atoms with Crippen LogP contribution in [-0.2, 0) is 9.53 Å². The Morgan fingerprint density at radius 2 is 2.08 bits per heavy atom. The first-order chi connectivity index (χ1) is 12.3. The third-order valence-corrected chi connectivity index (χ3v) is 6.48. The van der Waals surface area contributed by atoms with Gasteiger partial charge >= 0.3 is 6.03 Å². The molecule has 1 aliphatic heterocycles. The van der Waals surface area contributed by atoms with Crippen LogP contribution in [0.25, 0.3) is 5.52 Å². The van der Waals surface area contributed by atoms with Crippen LogP contribution in [0.3, 0.4) is 0 Å². The molecule has 1 aliphatic rings. The van der Waals surface area contributed by atoms with Gasteiger partial charge < -0.3 is 4.74 Å². The molecule has 0 bridgehead atoms. The molecule has 140 valence electrons. The van der Waals surface area contributed by atoms with Crippen molar-refractivity contribution < 1.29 is 14.3 Å². The summed E-state index contributed by atoms with van der Waals surface area (Å²) in [5.74, 6) is -0.197. The summed E-state index contributed by atoms with van der Waals surface area (Å²) in [5.41, 5.74) is 1.50. The molecule has 1 saturated heterocycles. The maximum Gasteiger partial charge on any atom is 0.333 e. The summed E-state index contributed by atoms with van der Waals surface area (Å²) in [6.45, 7) is 7.70.